The zero-order valence-electron chi connectivity index (χ0n) is 18.9. The monoisotopic (exact) mass is 477 g/mol. The number of para-hydroxylation sites is 1. The molecule has 6 rings (SSSR count). The summed E-state index contributed by atoms with van der Waals surface area (Å²) in [5.74, 6) is -2.97. The molecule has 1 spiro atoms. The van der Waals surface area contributed by atoms with Crippen LogP contribution in [0.2, 0.25) is 0 Å². The Morgan fingerprint density at radius 3 is 2.74 bits per heavy atom. The van der Waals surface area contributed by atoms with E-state index >= 15 is 0 Å². The molecule has 3 amide bonds. The van der Waals surface area contributed by atoms with Crippen molar-refractivity contribution >= 4 is 29.4 Å². The fourth-order valence-electron chi connectivity index (χ4n) is 5.94. The van der Waals surface area contributed by atoms with Gasteiger partial charge in [0.05, 0.1) is 18.4 Å². The van der Waals surface area contributed by atoms with Gasteiger partial charge in [0.1, 0.15) is 5.54 Å². The lowest BCUT2D eigenvalue weighted by Gasteiger charge is -2.29. The van der Waals surface area contributed by atoms with Crippen molar-refractivity contribution < 1.29 is 33.8 Å². The van der Waals surface area contributed by atoms with E-state index in [2.05, 4.69) is 10.6 Å². The van der Waals surface area contributed by atoms with Crippen LogP contribution >= 0.6 is 0 Å². The molecule has 0 bridgehead atoms. The van der Waals surface area contributed by atoms with Gasteiger partial charge in [0, 0.05) is 23.7 Å². The van der Waals surface area contributed by atoms with Crippen molar-refractivity contribution in [2.45, 2.75) is 37.9 Å². The minimum Gasteiger partial charge on any atom is -0.481 e. The summed E-state index contributed by atoms with van der Waals surface area (Å²) in [6.45, 7) is 1.99. The van der Waals surface area contributed by atoms with Crippen LogP contribution in [0.25, 0.3) is 0 Å². The molecule has 2 saturated heterocycles. The number of carboxylic acid groups (broad SMARTS) is 1. The first-order chi connectivity index (χ1) is 16.8. The Bertz CT molecular complexity index is 1310. The SMILES string of the molecule is Cc1cccc2c1NC(=O)C21NC(CCC(=O)O)[C@H]2C(=O)N(Cc3ccc4c(c3)OCO4)C(=O)[C@H]21. The van der Waals surface area contributed by atoms with Crippen molar-refractivity contribution in [3.8, 4) is 11.5 Å². The summed E-state index contributed by atoms with van der Waals surface area (Å²) in [4.78, 5) is 53.5. The van der Waals surface area contributed by atoms with Gasteiger partial charge in [-0.25, -0.2) is 0 Å². The summed E-state index contributed by atoms with van der Waals surface area (Å²) in [5.41, 5.74) is 1.32. The molecule has 2 aromatic carbocycles. The lowest BCUT2D eigenvalue weighted by atomic mass is 9.76. The summed E-state index contributed by atoms with van der Waals surface area (Å²) < 4.78 is 10.7. The lowest BCUT2D eigenvalue weighted by molar-refractivity contribution is -0.144. The van der Waals surface area contributed by atoms with Crippen LogP contribution < -0.4 is 20.1 Å². The summed E-state index contributed by atoms with van der Waals surface area (Å²) in [7, 11) is 0. The van der Waals surface area contributed by atoms with Crippen molar-refractivity contribution in [2.75, 3.05) is 12.1 Å². The van der Waals surface area contributed by atoms with Crippen molar-refractivity contribution in [1.29, 1.82) is 0 Å². The number of nitrogens with one attached hydrogen (secondary N) is 2. The number of anilines is 1. The van der Waals surface area contributed by atoms with Gasteiger partial charge in [0.15, 0.2) is 11.5 Å². The molecule has 4 aliphatic heterocycles. The fraction of sp³-hybridized carbons (Fsp3) is 0.360. The van der Waals surface area contributed by atoms with Crippen LogP contribution in [0.3, 0.4) is 0 Å². The second-order valence-corrected chi connectivity index (χ2v) is 9.40. The highest BCUT2D eigenvalue weighted by atomic mass is 16.7. The zero-order chi connectivity index (χ0) is 24.5. The smallest absolute Gasteiger partial charge is 0.303 e. The quantitative estimate of drug-likeness (QED) is 0.552. The molecule has 0 radical (unpaired) electrons. The molecule has 2 unspecified atom stereocenters. The number of hydrogen-bond acceptors (Lipinski definition) is 7. The number of benzene rings is 2. The van der Waals surface area contributed by atoms with Crippen LogP contribution in [-0.4, -0.2) is 46.5 Å². The number of aliphatic carboxylic acids is 1. The van der Waals surface area contributed by atoms with E-state index in [0.29, 0.717) is 28.3 Å². The first-order valence-electron chi connectivity index (χ1n) is 11.5. The Morgan fingerprint density at radius 2 is 1.94 bits per heavy atom. The zero-order valence-corrected chi connectivity index (χ0v) is 18.9. The fourth-order valence-corrected chi connectivity index (χ4v) is 5.94. The molecule has 2 fully saturated rings. The number of nitrogens with zero attached hydrogens (tertiary/aromatic N) is 1. The standard InChI is InChI=1S/C25H23N3O7/c1-12-3-2-4-14-21(12)26-24(33)25(14)20-19(15(27-25)6-8-18(29)30)22(31)28(23(20)32)10-13-5-7-16-17(9-13)35-11-34-16/h2-5,7,9,15,19-20,27H,6,8,10-11H2,1H3,(H,26,33)(H,29,30)/t15?,19-,20+,25?/m1/s1. The molecular weight excluding hydrogens is 454 g/mol. The summed E-state index contributed by atoms with van der Waals surface area (Å²) in [6.07, 6.45) is -0.0769. The van der Waals surface area contributed by atoms with E-state index in [0.717, 1.165) is 5.56 Å². The molecule has 3 N–H and O–H groups in total. The predicted molar refractivity (Wildman–Crippen MR) is 120 cm³/mol. The van der Waals surface area contributed by atoms with E-state index < -0.39 is 47.1 Å². The molecular formula is C25H23N3O7. The molecule has 2 aromatic rings. The van der Waals surface area contributed by atoms with Gasteiger partial charge >= 0.3 is 5.97 Å². The van der Waals surface area contributed by atoms with Gasteiger partial charge in [-0.3, -0.25) is 29.4 Å². The number of hydrogen-bond donors (Lipinski definition) is 3. The van der Waals surface area contributed by atoms with Crippen molar-refractivity contribution in [3.63, 3.8) is 0 Å². The molecule has 180 valence electrons. The van der Waals surface area contributed by atoms with Gasteiger partial charge in [-0.15, -0.1) is 0 Å². The average Bonchev–Trinajstić information content (AvgIpc) is 3.55. The molecule has 4 heterocycles. The van der Waals surface area contributed by atoms with Crippen LogP contribution in [0.4, 0.5) is 5.69 Å². The first-order valence-corrected chi connectivity index (χ1v) is 11.5. The van der Waals surface area contributed by atoms with E-state index in [1.54, 1.807) is 24.3 Å². The largest absolute Gasteiger partial charge is 0.481 e. The number of carbonyl (C=O) groups is 4. The van der Waals surface area contributed by atoms with Gasteiger partial charge in [-0.2, -0.15) is 0 Å². The van der Waals surface area contributed by atoms with Crippen LogP contribution in [-0.2, 0) is 31.3 Å². The van der Waals surface area contributed by atoms with E-state index in [1.807, 2.05) is 19.1 Å². The maximum Gasteiger partial charge on any atom is 0.303 e. The van der Waals surface area contributed by atoms with Gasteiger partial charge < -0.3 is 19.9 Å². The number of likely N-dealkylation sites (tertiary alicyclic amines) is 1. The maximum atomic E-state index is 13.8. The highest BCUT2D eigenvalue weighted by molar-refractivity contribution is 6.15. The van der Waals surface area contributed by atoms with Gasteiger partial charge in [0.2, 0.25) is 24.5 Å². The third-order valence-corrected chi connectivity index (χ3v) is 7.50. The first kappa shape index (κ1) is 21.6. The third kappa shape index (κ3) is 2.99. The molecule has 35 heavy (non-hydrogen) atoms. The van der Waals surface area contributed by atoms with Crippen LogP contribution in [0, 0.1) is 18.8 Å². The Kier molecular flexibility index (Phi) is 4.65. The normalized spacial score (nSPS) is 28.0. The lowest BCUT2D eigenvalue weighted by Crippen LogP contribution is -2.53. The Balaban J connectivity index is 1.40. The molecule has 4 aliphatic rings. The number of carboxylic acids is 1. The van der Waals surface area contributed by atoms with Gasteiger partial charge in [-0.05, 0) is 36.6 Å². The molecule has 0 saturated carbocycles. The highest BCUT2D eigenvalue weighted by Gasteiger charge is 2.70. The number of fused-ring (bicyclic) bond motifs is 5. The number of ether oxygens (including phenoxy) is 2. The predicted octanol–water partition coefficient (Wildman–Crippen LogP) is 1.51. The van der Waals surface area contributed by atoms with Crippen LogP contribution in [0.1, 0.15) is 29.5 Å². The number of amides is 3. The second kappa shape index (κ2) is 7.54. The Hall–Kier alpha value is -3.92. The van der Waals surface area contributed by atoms with E-state index in [9.17, 15) is 24.3 Å². The second-order valence-electron chi connectivity index (χ2n) is 9.40. The van der Waals surface area contributed by atoms with Gasteiger partial charge in [-0.1, -0.05) is 24.3 Å². The van der Waals surface area contributed by atoms with Gasteiger partial charge in [0.25, 0.3) is 0 Å². The number of rotatable bonds is 5. The van der Waals surface area contributed by atoms with E-state index in [-0.39, 0.29) is 26.2 Å². The maximum absolute atomic E-state index is 13.8. The number of aryl methyl sites for hydroxylation is 1. The topological polar surface area (TPSA) is 134 Å². The molecule has 10 heteroatoms. The van der Waals surface area contributed by atoms with Crippen LogP contribution in [0.15, 0.2) is 36.4 Å². The minimum absolute atomic E-state index is 0.0192. The highest BCUT2D eigenvalue weighted by Crippen LogP contribution is 2.54. The molecule has 4 atom stereocenters. The summed E-state index contributed by atoms with van der Waals surface area (Å²) in [6, 6.07) is 10.0. The Morgan fingerprint density at radius 1 is 1.14 bits per heavy atom. The molecule has 10 nitrogen and oxygen atoms in total. The van der Waals surface area contributed by atoms with Crippen LogP contribution in [0.5, 0.6) is 11.5 Å². The minimum atomic E-state index is -1.44. The Labute approximate surface area is 200 Å². The van der Waals surface area contributed by atoms with E-state index in [4.69, 9.17) is 9.47 Å². The number of imide groups is 1. The molecule has 0 aromatic heterocycles. The van der Waals surface area contributed by atoms with E-state index in [1.165, 1.54) is 4.90 Å². The number of carbonyl (C=O) groups excluding carboxylic acids is 3. The average molecular weight is 477 g/mol. The summed E-state index contributed by atoms with van der Waals surface area (Å²) in [5, 5.41) is 15.4. The third-order valence-electron chi connectivity index (χ3n) is 7.50. The van der Waals surface area contributed by atoms with Crippen molar-refractivity contribution in [3.05, 3.63) is 53.1 Å². The summed E-state index contributed by atoms with van der Waals surface area (Å²) >= 11 is 0. The van der Waals surface area contributed by atoms with Crippen molar-refractivity contribution in [1.82, 2.24) is 10.2 Å². The van der Waals surface area contributed by atoms with Crippen molar-refractivity contribution in [2.24, 2.45) is 11.8 Å². The molecule has 0 aliphatic carbocycles.